The first-order valence-corrected chi connectivity index (χ1v) is 13.3. The molecule has 4 aromatic rings. The summed E-state index contributed by atoms with van der Waals surface area (Å²) in [5.74, 6) is -0.141. The van der Waals surface area contributed by atoms with Crippen molar-refractivity contribution in [3.63, 3.8) is 0 Å². The number of hydrogen-bond donors (Lipinski definition) is 2. The van der Waals surface area contributed by atoms with E-state index in [0.29, 0.717) is 41.7 Å². The molecule has 2 N–H and O–H groups in total. The summed E-state index contributed by atoms with van der Waals surface area (Å²) in [7, 11) is 6.88. The molecule has 2 amide bonds. The number of aromatic nitrogens is 4. The summed E-state index contributed by atoms with van der Waals surface area (Å²) in [4.78, 5) is 46.9. The fourth-order valence-electron chi connectivity index (χ4n) is 2.78. The topological polar surface area (TPSA) is 116 Å². The van der Waals surface area contributed by atoms with Crippen LogP contribution >= 0.6 is 45.3 Å². The molecule has 4 heterocycles. The van der Waals surface area contributed by atoms with Crippen molar-refractivity contribution in [2.24, 2.45) is 0 Å². The third kappa shape index (κ3) is 5.09. The fraction of sp³-hybridized carbons (Fsp3) is 0.300. The first kappa shape index (κ1) is 24.2. The van der Waals surface area contributed by atoms with Crippen LogP contribution in [0.2, 0.25) is 0 Å². The van der Waals surface area contributed by atoms with Crippen molar-refractivity contribution in [2.75, 3.05) is 38.8 Å². The van der Waals surface area contributed by atoms with Gasteiger partial charge in [-0.1, -0.05) is 22.7 Å². The SMILES string of the molecule is Cc1nc(Nc2nc(-c3csc(Nc4nc(C)c(C(=O)N(C)C)s4)n3)cs2)sc1C(=O)N(C)C. The maximum absolute atomic E-state index is 12.3. The average Bonchev–Trinajstić information content (AvgIpc) is 3.55. The van der Waals surface area contributed by atoms with Gasteiger partial charge >= 0.3 is 0 Å². The van der Waals surface area contributed by atoms with Gasteiger partial charge in [0, 0.05) is 39.0 Å². The molecule has 14 heteroatoms. The summed E-state index contributed by atoms with van der Waals surface area (Å²) in [6, 6.07) is 0. The molecule has 0 unspecified atom stereocenters. The van der Waals surface area contributed by atoms with Gasteiger partial charge in [0.05, 0.1) is 11.4 Å². The number of carbonyl (C=O) groups excluding carboxylic acids is 2. The van der Waals surface area contributed by atoms with Crippen molar-refractivity contribution >= 4 is 77.7 Å². The van der Waals surface area contributed by atoms with Gasteiger partial charge in [-0.25, -0.2) is 19.9 Å². The second-order valence-corrected chi connectivity index (χ2v) is 11.3. The van der Waals surface area contributed by atoms with E-state index in [9.17, 15) is 9.59 Å². The Bertz CT molecular complexity index is 1250. The van der Waals surface area contributed by atoms with E-state index in [1.54, 1.807) is 28.2 Å². The highest BCUT2D eigenvalue weighted by Gasteiger charge is 2.19. The van der Waals surface area contributed by atoms with E-state index in [0.717, 1.165) is 11.4 Å². The Balaban J connectivity index is 1.45. The van der Waals surface area contributed by atoms with Crippen molar-refractivity contribution < 1.29 is 9.59 Å². The largest absolute Gasteiger partial charge is 0.344 e. The molecule has 0 aliphatic carbocycles. The highest BCUT2D eigenvalue weighted by atomic mass is 32.1. The summed E-state index contributed by atoms with van der Waals surface area (Å²) in [6.45, 7) is 3.64. The molecule has 0 spiro atoms. The van der Waals surface area contributed by atoms with Crippen LogP contribution in [0.15, 0.2) is 10.8 Å². The molecule has 34 heavy (non-hydrogen) atoms. The number of anilines is 4. The molecule has 0 saturated carbocycles. The third-order valence-electron chi connectivity index (χ3n) is 4.49. The Morgan fingerprint density at radius 3 is 1.41 bits per heavy atom. The van der Waals surface area contributed by atoms with Gasteiger partial charge in [-0.05, 0) is 13.8 Å². The van der Waals surface area contributed by atoms with Crippen LogP contribution in [0.5, 0.6) is 0 Å². The maximum Gasteiger partial charge on any atom is 0.265 e. The predicted molar refractivity (Wildman–Crippen MR) is 140 cm³/mol. The number of thiazole rings is 4. The monoisotopic (exact) mass is 534 g/mol. The minimum absolute atomic E-state index is 0.0704. The lowest BCUT2D eigenvalue weighted by Crippen LogP contribution is -2.21. The lowest BCUT2D eigenvalue weighted by molar-refractivity contribution is 0.0824. The molecule has 0 aliphatic heterocycles. The van der Waals surface area contributed by atoms with E-state index in [-0.39, 0.29) is 11.8 Å². The predicted octanol–water partition coefficient (Wildman–Crippen LogP) is 4.69. The normalized spacial score (nSPS) is 10.9. The van der Waals surface area contributed by atoms with Crippen LogP contribution in [0, 0.1) is 13.8 Å². The molecular weight excluding hydrogens is 513 g/mol. The van der Waals surface area contributed by atoms with Crippen molar-refractivity contribution in [3.8, 4) is 11.4 Å². The van der Waals surface area contributed by atoms with Crippen molar-refractivity contribution in [1.82, 2.24) is 29.7 Å². The highest BCUT2D eigenvalue weighted by Crippen LogP contribution is 2.33. The molecule has 0 saturated heterocycles. The molecule has 178 valence electrons. The maximum atomic E-state index is 12.3. The first-order chi connectivity index (χ1) is 16.1. The molecule has 0 aromatic carbocycles. The van der Waals surface area contributed by atoms with Gasteiger partial charge in [-0.2, -0.15) is 0 Å². The van der Waals surface area contributed by atoms with Gasteiger partial charge in [0.2, 0.25) is 0 Å². The van der Waals surface area contributed by atoms with E-state index >= 15 is 0 Å². The first-order valence-electron chi connectivity index (χ1n) is 9.96. The van der Waals surface area contributed by atoms with Crippen LogP contribution in [0.1, 0.15) is 30.7 Å². The Morgan fingerprint density at radius 2 is 1.06 bits per heavy atom. The minimum Gasteiger partial charge on any atom is -0.344 e. The Morgan fingerprint density at radius 1 is 0.676 bits per heavy atom. The van der Waals surface area contributed by atoms with Gasteiger partial charge < -0.3 is 20.4 Å². The van der Waals surface area contributed by atoms with E-state index in [1.807, 2.05) is 24.6 Å². The van der Waals surface area contributed by atoms with E-state index in [1.165, 1.54) is 55.1 Å². The molecule has 0 radical (unpaired) electrons. The minimum atomic E-state index is -0.0704. The van der Waals surface area contributed by atoms with Crippen LogP contribution in [0.25, 0.3) is 11.4 Å². The van der Waals surface area contributed by atoms with Gasteiger partial charge in [0.25, 0.3) is 11.8 Å². The van der Waals surface area contributed by atoms with Gasteiger partial charge in [-0.3, -0.25) is 9.59 Å². The molecule has 10 nitrogen and oxygen atoms in total. The number of rotatable bonds is 7. The van der Waals surface area contributed by atoms with Gasteiger partial charge in [0.1, 0.15) is 21.1 Å². The van der Waals surface area contributed by atoms with E-state index in [2.05, 4.69) is 30.6 Å². The Kier molecular flexibility index (Phi) is 6.93. The Labute approximate surface area is 212 Å². The summed E-state index contributed by atoms with van der Waals surface area (Å²) in [6.07, 6.45) is 0. The molecule has 4 aromatic heterocycles. The van der Waals surface area contributed by atoms with Crippen molar-refractivity contribution in [1.29, 1.82) is 0 Å². The molecule has 0 fully saturated rings. The van der Waals surface area contributed by atoms with E-state index in [4.69, 9.17) is 0 Å². The van der Waals surface area contributed by atoms with Crippen molar-refractivity contribution in [2.45, 2.75) is 13.8 Å². The van der Waals surface area contributed by atoms with Crippen molar-refractivity contribution in [3.05, 3.63) is 31.9 Å². The molecule has 0 aliphatic rings. The fourth-order valence-corrected chi connectivity index (χ4v) is 6.29. The lowest BCUT2D eigenvalue weighted by atomic mass is 10.3. The van der Waals surface area contributed by atoms with Crippen LogP contribution in [0.4, 0.5) is 20.5 Å². The molecular formula is C20H22N8O2S4. The second-order valence-electron chi connectivity index (χ2n) is 7.59. The van der Waals surface area contributed by atoms with Crippen LogP contribution < -0.4 is 10.6 Å². The van der Waals surface area contributed by atoms with Gasteiger partial charge in [-0.15, -0.1) is 22.7 Å². The summed E-state index contributed by atoms with van der Waals surface area (Å²) >= 11 is 5.48. The van der Waals surface area contributed by atoms with Crippen LogP contribution in [0.3, 0.4) is 0 Å². The summed E-state index contributed by atoms with van der Waals surface area (Å²) in [5, 5.41) is 12.8. The zero-order chi connectivity index (χ0) is 24.6. The number of nitrogens with zero attached hydrogens (tertiary/aromatic N) is 6. The van der Waals surface area contributed by atoms with E-state index < -0.39 is 0 Å². The van der Waals surface area contributed by atoms with Gasteiger partial charge in [0.15, 0.2) is 20.5 Å². The highest BCUT2D eigenvalue weighted by molar-refractivity contribution is 7.19. The molecule has 4 rings (SSSR count). The Hall–Kier alpha value is -2.94. The number of aryl methyl sites for hydroxylation is 2. The number of carbonyl (C=O) groups is 2. The zero-order valence-corrected chi connectivity index (χ0v) is 22.6. The third-order valence-corrected chi connectivity index (χ3v) is 8.13. The summed E-state index contributed by atoms with van der Waals surface area (Å²) < 4.78 is 0. The smallest absolute Gasteiger partial charge is 0.265 e. The summed E-state index contributed by atoms with van der Waals surface area (Å²) in [5.41, 5.74) is 2.83. The molecule has 0 atom stereocenters. The average molecular weight is 535 g/mol. The second kappa shape index (κ2) is 9.74. The lowest BCUT2D eigenvalue weighted by Gasteiger charge is -2.07. The van der Waals surface area contributed by atoms with Crippen LogP contribution in [-0.4, -0.2) is 69.7 Å². The number of nitrogens with one attached hydrogen (secondary N) is 2. The van der Waals surface area contributed by atoms with Crippen LogP contribution in [-0.2, 0) is 0 Å². The molecule has 0 bridgehead atoms. The zero-order valence-electron chi connectivity index (χ0n) is 19.3. The standard InChI is InChI=1S/C20H22N8O2S4/c1-9-13(15(29)27(3)4)33-19(21-9)25-17-23-11(7-31-17)12-8-32-18(24-12)26-20-22-10(2)14(34-20)16(30)28(5)6/h7-8H,1-6H3,(H,21,23,25)(H,22,24,26). The quantitative estimate of drug-likeness (QED) is 0.351. The number of hydrogen-bond acceptors (Lipinski definition) is 12. The number of amides is 2.